The third kappa shape index (κ3) is 4.21. The second kappa shape index (κ2) is 7.03. The fourth-order valence-electron chi connectivity index (χ4n) is 2.93. The zero-order valence-corrected chi connectivity index (χ0v) is 15.1. The summed E-state index contributed by atoms with van der Waals surface area (Å²) >= 11 is 1.66. The summed E-state index contributed by atoms with van der Waals surface area (Å²) in [5, 5.41) is 0. The van der Waals surface area contributed by atoms with Gasteiger partial charge in [-0.05, 0) is 43.2 Å². The van der Waals surface area contributed by atoms with Gasteiger partial charge in [0.1, 0.15) is 0 Å². The molecule has 1 atom stereocenters. The van der Waals surface area contributed by atoms with Gasteiger partial charge in [-0.1, -0.05) is 0 Å². The number of aromatic nitrogens is 1. The van der Waals surface area contributed by atoms with Crippen molar-refractivity contribution in [1.82, 2.24) is 9.88 Å². The van der Waals surface area contributed by atoms with Crippen molar-refractivity contribution in [3.63, 3.8) is 0 Å². The first-order chi connectivity index (χ1) is 11.4. The molecule has 7 heteroatoms. The van der Waals surface area contributed by atoms with Gasteiger partial charge in [-0.15, -0.1) is 11.3 Å². The lowest BCUT2D eigenvalue weighted by Crippen LogP contribution is -2.35. The Morgan fingerprint density at radius 3 is 2.58 bits per heavy atom. The molecule has 1 amide bonds. The molecular formula is C17H20N2O3S2. The Hall–Kier alpha value is -1.73. The van der Waals surface area contributed by atoms with Gasteiger partial charge in [0.2, 0.25) is 5.91 Å². The Bertz CT molecular complexity index is 815. The van der Waals surface area contributed by atoms with Crippen LogP contribution in [0.2, 0.25) is 0 Å². The zero-order chi connectivity index (χ0) is 17.2. The molecule has 1 fully saturated rings. The molecule has 0 spiro atoms. The summed E-state index contributed by atoms with van der Waals surface area (Å²) in [5.41, 5.74) is 0.993. The predicted molar refractivity (Wildman–Crippen MR) is 94.3 cm³/mol. The van der Waals surface area contributed by atoms with Crippen molar-refractivity contribution >= 4 is 27.1 Å². The van der Waals surface area contributed by atoms with Crippen molar-refractivity contribution in [2.75, 3.05) is 11.5 Å². The molecule has 1 aliphatic rings. The summed E-state index contributed by atoms with van der Waals surface area (Å²) < 4.78 is 23.4. The van der Waals surface area contributed by atoms with Gasteiger partial charge >= 0.3 is 0 Å². The van der Waals surface area contributed by atoms with Gasteiger partial charge in [0.15, 0.2) is 9.84 Å². The third-order valence-electron chi connectivity index (χ3n) is 4.16. The topological polar surface area (TPSA) is 67.3 Å². The Morgan fingerprint density at radius 1 is 1.25 bits per heavy atom. The van der Waals surface area contributed by atoms with E-state index in [0.29, 0.717) is 19.5 Å². The van der Waals surface area contributed by atoms with E-state index in [-0.39, 0.29) is 17.4 Å². The molecule has 5 nitrogen and oxygen atoms in total. The number of hydrogen-bond donors (Lipinski definition) is 0. The van der Waals surface area contributed by atoms with Crippen LogP contribution in [0, 0.1) is 12.8 Å². The summed E-state index contributed by atoms with van der Waals surface area (Å²) in [4.78, 5) is 21.0. The molecule has 0 radical (unpaired) electrons. The smallest absolute Gasteiger partial charge is 0.227 e. The molecule has 0 aliphatic carbocycles. The molecule has 1 aliphatic heterocycles. The monoisotopic (exact) mass is 364 g/mol. The fraction of sp³-hybridized carbons (Fsp3) is 0.412. The molecule has 128 valence electrons. The van der Waals surface area contributed by atoms with E-state index in [1.807, 2.05) is 31.2 Å². The zero-order valence-electron chi connectivity index (χ0n) is 13.5. The van der Waals surface area contributed by atoms with Crippen LogP contribution in [0.15, 0.2) is 36.7 Å². The molecule has 3 rings (SSSR count). The minimum atomic E-state index is -3.07. The highest BCUT2D eigenvalue weighted by atomic mass is 32.2. The van der Waals surface area contributed by atoms with Crippen molar-refractivity contribution in [2.45, 2.75) is 26.4 Å². The molecule has 0 aromatic carbocycles. The SMILES string of the molecule is Cc1ccc(CN(Cc2ccncc2)C(=O)[C@@H]2CCS(=O)(=O)C2)s1. The lowest BCUT2D eigenvalue weighted by Gasteiger charge is -2.25. The second-order valence-electron chi connectivity index (χ2n) is 6.16. The molecule has 0 unspecified atom stereocenters. The van der Waals surface area contributed by atoms with Crippen LogP contribution < -0.4 is 0 Å². The van der Waals surface area contributed by atoms with Crippen molar-refractivity contribution < 1.29 is 13.2 Å². The summed E-state index contributed by atoms with van der Waals surface area (Å²) in [6.45, 7) is 3.01. The number of carbonyl (C=O) groups is 1. The molecule has 24 heavy (non-hydrogen) atoms. The van der Waals surface area contributed by atoms with Crippen LogP contribution in [-0.4, -0.2) is 35.7 Å². The highest BCUT2D eigenvalue weighted by Crippen LogP contribution is 2.24. The quantitative estimate of drug-likeness (QED) is 0.817. The van der Waals surface area contributed by atoms with E-state index >= 15 is 0 Å². The Labute approximate surface area is 146 Å². The molecule has 0 N–H and O–H groups in total. The van der Waals surface area contributed by atoms with Crippen LogP contribution in [0.5, 0.6) is 0 Å². The predicted octanol–water partition coefficient (Wildman–Crippen LogP) is 2.42. The second-order valence-corrected chi connectivity index (χ2v) is 9.76. The van der Waals surface area contributed by atoms with Crippen molar-refractivity contribution in [1.29, 1.82) is 0 Å². The van der Waals surface area contributed by atoms with Gasteiger partial charge in [-0.25, -0.2) is 8.42 Å². The van der Waals surface area contributed by atoms with Crippen molar-refractivity contribution in [3.05, 3.63) is 52.0 Å². The molecule has 1 saturated heterocycles. The maximum Gasteiger partial charge on any atom is 0.227 e. The molecule has 2 aromatic heterocycles. The third-order valence-corrected chi connectivity index (χ3v) is 6.91. The van der Waals surface area contributed by atoms with Crippen LogP contribution in [-0.2, 0) is 27.7 Å². The lowest BCUT2D eigenvalue weighted by atomic mass is 10.1. The summed E-state index contributed by atoms with van der Waals surface area (Å²) in [5.74, 6) is -0.399. The number of aryl methyl sites for hydroxylation is 1. The van der Waals surface area contributed by atoms with Crippen LogP contribution >= 0.6 is 11.3 Å². The Balaban J connectivity index is 1.79. The van der Waals surface area contributed by atoms with Crippen LogP contribution in [0.1, 0.15) is 21.7 Å². The number of hydrogen-bond acceptors (Lipinski definition) is 5. The number of rotatable bonds is 5. The van der Waals surface area contributed by atoms with Crippen molar-refractivity contribution in [2.24, 2.45) is 5.92 Å². The van der Waals surface area contributed by atoms with Gasteiger partial charge in [0, 0.05) is 28.7 Å². The molecule has 3 heterocycles. The number of pyridine rings is 1. The van der Waals surface area contributed by atoms with Gasteiger partial charge in [0.25, 0.3) is 0 Å². The molecule has 0 saturated carbocycles. The first-order valence-corrected chi connectivity index (χ1v) is 10.5. The van der Waals surface area contributed by atoms with E-state index in [4.69, 9.17) is 0 Å². The molecular weight excluding hydrogens is 344 g/mol. The van der Waals surface area contributed by atoms with Gasteiger partial charge in [-0.2, -0.15) is 0 Å². The highest BCUT2D eigenvalue weighted by Gasteiger charge is 2.35. The van der Waals surface area contributed by atoms with E-state index in [2.05, 4.69) is 4.98 Å². The normalized spacial score (nSPS) is 19.3. The first-order valence-electron chi connectivity index (χ1n) is 7.86. The maximum atomic E-state index is 12.9. The fourth-order valence-corrected chi connectivity index (χ4v) is 5.57. The van der Waals surface area contributed by atoms with Crippen molar-refractivity contribution in [3.8, 4) is 0 Å². The molecule has 2 aromatic rings. The van der Waals surface area contributed by atoms with Crippen LogP contribution in [0.3, 0.4) is 0 Å². The van der Waals surface area contributed by atoms with E-state index in [1.165, 1.54) is 4.88 Å². The highest BCUT2D eigenvalue weighted by molar-refractivity contribution is 7.91. The van der Waals surface area contributed by atoms with Crippen LogP contribution in [0.25, 0.3) is 0 Å². The summed E-state index contributed by atoms with van der Waals surface area (Å²) in [7, 11) is -3.07. The Kier molecular flexibility index (Phi) is 5.01. The van der Waals surface area contributed by atoms with Gasteiger partial charge in [-0.3, -0.25) is 9.78 Å². The largest absolute Gasteiger partial charge is 0.333 e. The van der Waals surface area contributed by atoms with Gasteiger partial charge < -0.3 is 4.90 Å². The van der Waals surface area contributed by atoms with E-state index in [1.54, 1.807) is 28.6 Å². The minimum Gasteiger partial charge on any atom is -0.333 e. The maximum absolute atomic E-state index is 12.9. The number of nitrogens with zero attached hydrogens (tertiary/aromatic N) is 2. The summed E-state index contributed by atoms with van der Waals surface area (Å²) in [6, 6.07) is 7.82. The lowest BCUT2D eigenvalue weighted by molar-refractivity contribution is -0.136. The Morgan fingerprint density at radius 2 is 2.00 bits per heavy atom. The van der Waals surface area contributed by atoms with E-state index in [9.17, 15) is 13.2 Å². The standard InChI is InChI=1S/C17H20N2O3S2/c1-13-2-3-16(23-13)11-19(10-14-4-7-18-8-5-14)17(20)15-6-9-24(21,22)12-15/h2-5,7-8,15H,6,9-12H2,1H3/t15-/m1/s1. The van der Waals surface area contributed by atoms with Gasteiger partial charge in [0.05, 0.1) is 24.0 Å². The minimum absolute atomic E-state index is 0.0256. The van der Waals surface area contributed by atoms with E-state index in [0.717, 1.165) is 10.4 Å². The number of thiophene rings is 1. The van der Waals surface area contributed by atoms with Crippen LogP contribution in [0.4, 0.5) is 0 Å². The summed E-state index contributed by atoms with van der Waals surface area (Å²) in [6.07, 6.45) is 3.83. The van der Waals surface area contributed by atoms with E-state index < -0.39 is 15.8 Å². The molecule has 0 bridgehead atoms. The average Bonchev–Trinajstić information content (AvgIpc) is 3.12. The number of sulfone groups is 1. The first kappa shape index (κ1) is 17.1. The average molecular weight is 364 g/mol. The number of amides is 1. The number of carbonyl (C=O) groups excluding carboxylic acids is 1.